The monoisotopic (exact) mass is 136 g/mol. The minimum Gasteiger partial charge on any atom is -0.346 e. The Kier molecular flexibility index (Phi) is 15.2. The van der Waals surface area contributed by atoms with E-state index in [1.165, 1.54) is 0 Å². The van der Waals surface area contributed by atoms with Crippen molar-refractivity contribution in [3.63, 3.8) is 0 Å². The molecule has 0 aliphatic carbocycles. The molecule has 0 aliphatic rings. The summed E-state index contributed by atoms with van der Waals surface area (Å²) in [6, 6.07) is 0. The summed E-state index contributed by atoms with van der Waals surface area (Å²) in [6.45, 7) is 5.00. The maximum atomic E-state index is 10.4. The molecule has 8 heavy (non-hydrogen) atoms. The third-order valence-electron chi connectivity index (χ3n) is 0. The first kappa shape index (κ1) is 15.9. The smallest absolute Gasteiger partial charge is 0.346 e. The Labute approximate surface area is 59.7 Å². The molecule has 0 radical (unpaired) electrons. The van der Waals surface area contributed by atoms with Gasteiger partial charge in [-0.2, -0.15) is 6.92 Å². The van der Waals surface area contributed by atoms with Gasteiger partial charge in [0.1, 0.15) is 0 Å². The molecule has 0 rings (SSSR count). The summed E-state index contributed by atoms with van der Waals surface area (Å²) in [5.41, 5.74) is 0. The molecule has 0 unspecified atom stereocenters. The topological polar surface area (TPSA) is 57.5 Å². The first-order valence-electron chi connectivity index (χ1n) is 1.46. The second-order valence-electron chi connectivity index (χ2n) is 0.473. The summed E-state index contributed by atoms with van der Waals surface area (Å²) < 4.78 is 19.0. The fourth-order valence-corrected chi connectivity index (χ4v) is 0. The third kappa shape index (κ3) is 469. The Balaban J connectivity index is -0.0000000750. The van der Waals surface area contributed by atoms with Gasteiger partial charge in [0, 0.05) is 0 Å². The molecule has 0 amide bonds. The van der Waals surface area contributed by atoms with Crippen LogP contribution in [0.1, 0.15) is 6.92 Å². The summed E-state index contributed by atoms with van der Waals surface area (Å²) in [5, 5.41) is 0. The molecule has 0 spiro atoms. The Morgan fingerprint density at radius 2 is 1.50 bits per heavy atom. The van der Waals surface area contributed by atoms with Crippen molar-refractivity contribution in [2.24, 2.45) is 0 Å². The Hall–Kier alpha value is 0.677. The van der Waals surface area contributed by atoms with E-state index < -0.39 is 7.91 Å². The zero-order valence-corrected chi connectivity index (χ0v) is 5.73. The number of hydrogen-bond acceptors (Lipinski definition) is 1. The van der Waals surface area contributed by atoms with Gasteiger partial charge in [0.15, 0.2) is 0 Å². The minimum absolute atomic E-state index is 0. The van der Waals surface area contributed by atoms with Crippen LogP contribution in [0.25, 0.3) is 0 Å². The quantitative estimate of drug-likeness (QED) is 0.227. The molecule has 2 N–H and O–H groups in total. The second-order valence-corrected chi connectivity index (χ2v) is 1.42. The summed E-state index contributed by atoms with van der Waals surface area (Å²) in [5.74, 6) is 0. The van der Waals surface area contributed by atoms with Crippen molar-refractivity contribution in [3.8, 4) is 0 Å². The molecule has 0 saturated carbocycles. The molecular formula is C2H7FLiO3P. The van der Waals surface area contributed by atoms with Crippen molar-refractivity contribution in [3.05, 3.63) is 6.92 Å². The van der Waals surface area contributed by atoms with Gasteiger partial charge in [-0.3, -0.25) is 9.79 Å². The van der Waals surface area contributed by atoms with E-state index in [0.29, 0.717) is 0 Å². The molecule has 46 valence electrons. The van der Waals surface area contributed by atoms with E-state index in [-0.39, 0.29) is 18.9 Å². The molecular weight excluding hydrogens is 129 g/mol. The van der Waals surface area contributed by atoms with Crippen molar-refractivity contribution in [2.45, 2.75) is 6.92 Å². The fraction of sp³-hybridized carbons (Fsp3) is 0.500. The van der Waals surface area contributed by atoms with Crippen molar-refractivity contribution < 1.29 is 37.4 Å². The average molecular weight is 136 g/mol. The summed E-state index contributed by atoms with van der Waals surface area (Å²) in [6.07, 6.45) is 0. The van der Waals surface area contributed by atoms with Gasteiger partial charge in [-0.25, -0.2) is 4.57 Å². The van der Waals surface area contributed by atoms with Gasteiger partial charge in [-0.1, -0.05) is 0 Å². The molecule has 0 aromatic heterocycles. The van der Waals surface area contributed by atoms with E-state index in [1.54, 1.807) is 6.92 Å². The Morgan fingerprint density at radius 3 is 1.50 bits per heavy atom. The van der Waals surface area contributed by atoms with Crippen LogP contribution < -0.4 is 18.9 Å². The van der Waals surface area contributed by atoms with E-state index in [0.717, 1.165) is 0 Å². The molecule has 0 heterocycles. The molecule has 0 saturated heterocycles. The van der Waals surface area contributed by atoms with Crippen LogP contribution in [0.15, 0.2) is 0 Å². The van der Waals surface area contributed by atoms with E-state index in [4.69, 9.17) is 14.4 Å². The first-order valence-corrected chi connectivity index (χ1v) is 2.96. The first-order chi connectivity index (χ1) is 3.00. The molecule has 0 bridgehead atoms. The van der Waals surface area contributed by atoms with Crippen LogP contribution in [-0.2, 0) is 4.57 Å². The maximum absolute atomic E-state index is 10.4. The van der Waals surface area contributed by atoms with Gasteiger partial charge in [0.05, 0.1) is 0 Å². The van der Waals surface area contributed by atoms with E-state index >= 15 is 0 Å². The van der Waals surface area contributed by atoms with Gasteiger partial charge in [0.2, 0.25) is 0 Å². The van der Waals surface area contributed by atoms with E-state index in [1.807, 2.05) is 0 Å². The van der Waals surface area contributed by atoms with Crippen molar-refractivity contribution in [1.82, 2.24) is 0 Å². The molecule has 0 aromatic carbocycles. The SMILES string of the molecule is O=P(O)(O)F.[CH2-]C.[Li+]. The largest absolute Gasteiger partial charge is 1.00 e. The van der Waals surface area contributed by atoms with E-state index in [2.05, 4.69) is 6.92 Å². The van der Waals surface area contributed by atoms with E-state index in [9.17, 15) is 4.20 Å². The number of rotatable bonds is 0. The molecule has 0 aromatic rings. The van der Waals surface area contributed by atoms with Gasteiger partial charge in [-0.15, -0.1) is 4.20 Å². The van der Waals surface area contributed by atoms with Crippen LogP contribution in [0.5, 0.6) is 0 Å². The molecule has 0 fully saturated rings. The minimum atomic E-state index is -5.14. The van der Waals surface area contributed by atoms with Crippen molar-refractivity contribution in [2.75, 3.05) is 0 Å². The van der Waals surface area contributed by atoms with Crippen LogP contribution in [0.4, 0.5) is 4.20 Å². The third-order valence-corrected chi connectivity index (χ3v) is 0. The normalized spacial score (nSPS) is 8.12. The van der Waals surface area contributed by atoms with Crippen LogP contribution in [0.2, 0.25) is 0 Å². The van der Waals surface area contributed by atoms with Gasteiger partial charge in [0.25, 0.3) is 0 Å². The van der Waals surface area contributed by atoms with Crippen LogP contribution >= 0.6 is 7.91 Å². The fourth-order valence-electron chi connectivity index (χ4n) is 0. The van der Waals surface area contributed by atoms with Gasteiger partial charge < -0.3 is 6.92 Å². The summed E-state index contributed by atoms with van der Waals surface area (Å²) in [7, 11) is -5.14. The molecule has 0 atom stereocenters. The standard InChI is InChI=1S/C2H5.FH2O3P.Li/c1-2;1-5(2,3)4;/h1H2,2H3;(H2,2,3,4);/q-1;;+1. The predicted octanol–water partition coefficient (Wildman–Crippen LogP) is -2.11. The molecule has 0 aliphatic heterocycles. The number of hydrogen-bond donors (Lipinski definition) is 2. The Morgan fingerprint density at radius 1 is 1.50 bits per heavy atom. The zero-order valence-electron chi connectivity index (χ0n) is 4.83. The van der Waals surface area contributed by atoms with Crippen LogP contribution in [-0.4, -0.2) is 9.79 Å². The van der Waals surface area contributed by atoms with Gasteiger partial charge >= 0.3 is 26.8 Å². The number of halogens is 1. The zero-order chi connectivity index (χ0) is 6.50. The van der Waals surface area contributed by atoms with Gasteiger partial charge in [-0.05, 0) is 0 Å². The second kappa shape index (κ2) is 7.68. The molecule has 6 heteroatoms. The van der Waals surface area contributed by atoms with Crippen molar-refractivity contribution in [1.29, 1.82) is 0 Å². The van der Waals surface area contributed by atoms with Crippen LogP contribution in [0, 0.1) is 6.92 Å². The maximum Gasteiger partial charge on any atom is 1.00 e. The summed E-state index contributed by atoms with van der Waals surface area (Å²) in [4.78, 5) is 13.9. The van der Waals surface area contributed by atoms with Crippen LogP contribution in [0.3, 0.4) is 0 Å². The summed E-state index contributed by atoms with van der Waals surface area (Å²) >= 11 is 0. The molecule has 3 nitrogen and oxygen atoms in total. The average Bonchev–Trinajstić information content (AvgIpc) is 1.36. The Bertz CT molecular complexity index is 63.4. The predicted molar refractivity (Wildman–Crippen MR) is 24.2 cm³/mol. The van der Waals surface area contributed by atoms with Crippen molar-refractivity contribution >= 4 is 7.91 Å².